The van der Waals surface area contributed by atoms with Gasteiger partial charge in [0.05, 0.1) is 19.6 Å². The molecule has 0 saturated carbocycles. The van der Waals surface area contributed by atoms with E-state index in [0.717, 1.165) is 5.56 Å². The van der Waals surface area contributed by atoms with Crippen LogP contribution in [0.3, 0.4) is 0 Å². The lowest BCUT2D eigenvalue weighted by Crippen LogP contribution is -2.06. The smallest absolute Gasteiger partial charge is 0.207 e. The van der Waals surface area contributed by atoms with Crippen LogP contribution in [-0.4, -0.2) is 16.8 Å². The minimum absolute atomic E-state index is 0.0216. The number of halogens is 1. The van der Waals surface area contributed by atoms with Gasteiger partial charge in [0.15, 0.2) is 0 Å². The van der Waals surface area contributed by atoms with Crippen molar-refractivity contribution in [2.45, 2.75) is 26.5 Å². The van der Waals surface area contributed by atoms with Crippen molar-refractivity contribution in [1.82, 2.24) is 0 Å². The minimum atomic E-state index is -3.75. The summed E-state index contributed by atoms with van der Waals surface area (Å²) in [5.41, 5.74) is 0.951. The van der Waals surface area contributed by atoms with Crippen LogP contribution in [0, 0.1) is 6.92 Å². The van der Waals surface area contributed by atoms with E-state index in [-0.39, 0.29) is 24.1 Å². The maximum Gasteiger partial charge on any atom is 0.207 e. The fourth-order valence-corrected chi connectivity index (χ4v) is 6.24. The summed E-state index contributed by atoms with van der Waals surface area (Å²) >= 11 is 3.22. The average molecular weight is 451 g/mol. The Kier molecular flexibility index (Phi) is 5.05. The molecule has 0 amide bonds. The lowest BCUT2D eigenvalue weighted by Gasteiger charge is -2.10. The summed E-state index contributed by atoms with van der Waals surface area (Å²) in [6, 6.07) is 18.5. The van der Waals surface area contributed by atoms with Gasteiger partial charge >= 0.3 is 0 Å². The third-order valence-corrected chi connectivity index (χ3v) is 8.40. The lowest BCUT2D eigenvalue weighted by molar-refractivity contribution is 0.592. The Morgan fingerprint density at radius 1 is 0.654 bits per heavy atom. The Labute approximate surface area is 161 Å². The molecular formula is C19H15BrO4S2. The van der Waals surface area contributed by atoms with Gasteiger partial charge in [-0.1, -0.05) is 35.9 Å². The van der Waals surface area contributed by atoms with Crippen molar-refractivity contribution >= 4 is 35.6 Å². The molecule has 0 atom stereocenters. The summed E-state index contributed by atoms with van der Waals surface area (Å²) in [6.45, 7) is 1.87. The van der Waals surface area contributed by atoms with Gasteiger partial charge in [0.1, 0.15) is 0 Å². The van der Waals surface area contributed by atoms with Crippen LogP contribution in [0.25, 0.3) is 0 Å². The zero-order valence-corrected chi connectivity index (χ0v) is 17.0. The molecule has 0 aliphatic heterocycles. The summed E-state index contributed by atoms with van der Waals surface area (Å²) in [5.74, 6) is 0. The van der Waals surface area contributed by atoms with Gasteiger partial charge in [-0.15, -0.1) is 0 Å². The van der Waals surface area contributed by atoms with Crippen LogP contribution in [0.5, 0.6) is 0 Å². The molecule has 0 aliphatic rings. The molecule has 134 valence electrons. The second-order valence-corrected chi connectivity index (χ2v) is 10.4. The van der Waals surface area contributed by atoms with Crippen molar-refractivity contribution in [3.8, 4) is 0 Å². The molecule has 0 radical (unpaired) electrons. The highest BCUT2D eigenvalue weighted by molar-refractivity contribution is 9.10. The van der Waals surface area contributed by atoms with Crippen LogP contribution >= 0.6 is 15.9 Å². The standard InChI is InChI=1S/C19H15BrO4S2/c1-14-7-9-16(10-8-14)26(23,24)19-12-11-17(13-18(19)20)25(21,22)15-5-3-2-4-6-15/h2-13H,1H3. The number of hydrogen-bond acceptors (Lipinski definition) is 4. The Morgan fingerprint density at radius 3 is 1.77 bits per heavy atom. The number of sulfone groups is 2. The molecule has 0 aromatic heterocycles. The summed E-state index contributed by atoms with van der Waals surface area (Å²) in [7, 11) is -7.47. The largest absolute Gasteiger partial charge is 0.219 e. The third-order valence-electron chi connectivity index (χ3n) is 3.89. The Hall–Kier alpha value is -1.96. The molecular weight excluding hydrogens is 436 g/mol. The number of aryl methyl sites for hydroxylation is 1. The van der Waals surface area contributed by atoms with Gasteiger partial charge in [-0.3, -0.25) is 0 Å². The molecule has 0 N–H and O–H groups in total. The van der Waals surface area contributed by atoms with Crippen molar-refractivity contribution < 1.29 is 16.8 Å². The summed E-state index contributed by atoms with van der Waals surface area (Å²) in [5, 5.41) is 0. The first-order valence-electron chi connectivity index (χ1n) is 7.64. The van der Waals surface area contributed by atoms with Gasteiger partial charge in [-0.05, 0) is 65.3 Å². The fraction of sp³-hybridized carbons (Fsp3) is 0.0526. The molecule has 0 spiro atoms. The van der Waals surface area contributed by atoms with Crippen LogP contribution in [0.2, 0.25) is 0 Å². The zero-order valence-electron chi connectivity index (χ0n) is 13.8. The van der Waals surface area contributed by atoms with Crippen molar-refractivity contribution in [3.05, 3.63) is 82.8 Å². The average Bonchev–Trinajstić information content (AvgIpc) is 2.62. The molecule has 3 aromatic rings. The van der Waals surface area contributed by atoms with Gasteiger partial charge in [-0.25, -0.2) is 16.8 Å². The van der Waals surface area contributed by atoms with E-state index in [1.807, 2.05) is 6.92 Å². The summed E-state index contributed by atoms with van der Waals surface area (Å²) in [4.78, 5) is 0.357. The Balaban J connectivity index is 2.07. The van der Waals surface area contributed by atoms with E-state index in [4.69, 9.17) is 0 Å². The van der Waals surface area contributed by atoms with E-state index >= 15 is 0 Å². The molecule has 0 unspecified atom stereocenters. The molecule has 0 bridgehead atoms. The summed E-state index contributed by atoms with van der Waals surface area (Å²) in [6.07, 6.45) is 0. The number of hydrogen-bond donors (Lipinski definition) is 0. The molecule has 26 heavy (non-hydrogen) atoms. The maximum atomic E-state index is 12.8. The topological polar surface area (TPSA) is 68.3 Å². The quantitative estimate of drug-likeness (QED) is 0.589. The normalized spacial score (nSPS) is 12.1. The second kappa shape index (κ2) is 6.98. The van der Waals surface area contributed by atoms with Gasteiger partial charge in [0.2, 0.25) is 19.7 Å². The van der Waals surface area contributed by atoms with Crippen molar-refractivity contribution in [3.63, 3.8) is 0 Å². The predicted octanol–water partition coefficient (Wildman–Crippen LogP) is 4.42. The van der Waals surface area contributed by atoms with Crippen molar-refractivity contribution in [2.75, 3.05) is 0 Å². The lowest BCUT2D eigenvalue weighted by atomic mass is 10.2. The first kappa shape index (κ1) is 18.8. The highest BCUT2D eigenvalue weighted by Crippen LogP contribution is 2.31. The first-order chi connectivity index (χ1) is 12.2. The minimum Gasteiger partial charge on any atom is -0.219 e. The van der Waals surface area contributed by atoms with Crippen molar-refractivity contribution in [2.24, 2.45) is 0 Å². The first-order valence-corrected chi connectivity index (χ1v) is 11.4. The predicted molar refractivity (Wildman–Crippen MR) is 103 cm³/mol. The van der Waals surface area contributed by atoms with E-state index in [2.05, 4.69) is 15.9 Å². The summed E-state index contributed by atoms with van der Waals surface area (Å²) < 4.78 is 51.2. The van der Waals surface area contributed by atoms with Gasteiger partial charge in [0, 0.05) is 4.47 Å². The highest BCUT2D eigenvalue weighted by Gasteiger charge is 2.24. The number of rotatable bonds is 4. The van der Waals surface area contributed by atoms with E-state index in [0.29, 0.717) is 0 Å². The molecule has 3 aromatic carbocycles. The molecule has 4 nitrogen and oxygen atoms in total. The van der Waals surface area contributed by atoms with Crippen molar-refractivity contribution in [1.29, 1.82) is 0 Å². The van der Waals surface area contributed by atoms with E-state index in [1.165, 1.54) is 42.5 Å². The highest BCUT2D eigenvalue weighted by atomic mass is 79.9. The molecule has 0 saturated heterocycles. The fourth-order valence-electron chi connectivity index (χ4n) is 2.45. The zero-order chi connectivity index (χ0) is 18.9. The maximum absolute atomic E-state index is 12.8. The van der Waals surface area contributed by atoms with Crippen LogP contribution in [-0.2, 0) is 19.7 Å². The molecule has 7 heteroatoms. The van der Waals surface area contributed by atoms with Crippen LogP contribution < -0.4 is 0 Å². The van der Waals surface area contributed by atoms with Crippen LogP contribution in [0.1, 0.15) is 5.56 Å². The van der Waals surface area contributed by atoms with E-state index < -0.39 is 19.7 Å². The molecule has 0 fully saturated rings. The van der Waals surface area contributed by atoms with Crippen LogP contribution in [0.4, 0.5) is 0 Å². The molecule has 0 aliphatic carbocycles. The Bertz CT molecular complexity index is 1150. The second-order valence-electron chi connectivity index (χ2n) is 5.73. The molecule has 0 heterocycles. The Morgan fingerprint density at radius 2 is 1.19 bits per heavy atom. The van der Waals surface area contributed by atoms with E-state index in [9.17, 15) is 16.8 Å². The van der Waals surface area contributed by atoms with E-state index in [1.54, 1.807) is 30.3 Å². The molecule has 3 rings (SSSR count). The third kappa shape index (κ3) is 3.47. The van der Waals surface area contributed by atoms with Gasteiger partial charge in [-0.2, -0.15) is 0 Å². The van der Waals surface area contributed by atoms with Gasteiger partial charge < -0.3 is 0 Å². The number of benzene rings is 3. The van der Waals surface area contributed by atoms with Gasteiger partial charge in [0.25, 0.3) is 0 Å². The monoisotopic (exact) mass is 450 g/mol. The van der Waals surface area contributed by atoms with Crippen LogP contribution in [0.15, 0.2) is 96.9 Å². The SMILES string of the molecule is Cc1ccc(S(=O)(=O)c2ccc(S(=O)(=O)c3ccccc3)cc2Br)cc1.